The summed E-state index contributed by atoms with van der Waals surface area (Å²) in [6.07, 6.45) is 0.0789. The Morgan fingerprint density at radius 1 is 1.33 bits per heavy atom. The summed E-state index contributed by atoms with van der Waals surface area (Å²) in [5.74, 6) is 0.947. The summed E-state index contributed by atoms with van der Waals surface area (Å²) in [7, 11) is 0. The summed E-state index contributed by atoms with van der Waals surface area (Å²) < 4.78 is 5.42. The monoisotopic (exact) mass is 377 g/mol. The normalized spacial score (nSPS) is 16.5. The molecule has 27 heavy (non-hydrogen) atoms. The third kappa shape index (κ3) is 5.66. The van der Waals surface area contributed by atoms with E-state index in [0.717, 1.165) is 30.2 Å². The van der Waals surface area contributed by atoms with Gasteiger partial charge in [-0.3, -0.25) is 4.79 Å². The summed E-state index contributed by atoms with van der Waals surface area (Å²) in [5.41, 5.74) is 2.23. The SMILES string of the molecule is Cc1cc(N2CCOCC2)nc(C(C)C)c1C(=O)NCCC(O)C(C)(C)C. The molecule has 0 spiro atoms. The molecule has 1 saturated heterocycles. The highest BCUT2D eigenvalue weighted by molar-refractivity contribution is 5.97. The molecule has 1 aromatic heterocycles. The Kier molecular flexibility index (Phi) is 7.23. The summed E-state index contributed by atoms with van der Waals surface area (Å²) in [6, 6.07) is 2.00. The van der Waals surface area contributed by atoms with Crippen LogP contribution in [-0.2, 0) is 4.74 Å². The van der Waals surface area contributed by atoms with E-state index in [1.165, 1.54) is 0 Å². The first-order valence-corrected chi connectivity index (χ1v) is 9.91. The predicted octanol–water partition coefficient (Wildman–Crippen LogP) is 2.88. The Bertz CT molecular complexity index is 647. The van der Waals surface area contributed by atoms with E-state index in [1.807, 2.05) is 33.8 Å². The van der Waals surface area contributed by atoms with Crippen molar-refractivity contribution in [3.05, 3.63) is 22.9 Å². The molecule has 1 amide bonds. The third-order valence-electron chi connectivity index (χ3n) is 5.04. The van der Waals surface area contributed by atoms with Crippen molar-refractivity contribution in [2.75, 3.05) is 37.7 Å². The Morgan fingerprint density at radius 2 is 1.96 bits per heavy atom. The van der Waals surface area contributed by atoms with Gasteiger partial charge in [-0.15, -0.1) is 0 Å². The van der Waals surface area contributed by atoms with Gasteiger partial charge >= 0.3 is 0 Å². The maximum absolute atomic E-state index is 12.8. The first kappa shape index (κ1) is 21.6. The van der Waals surface area contributed by atoms with E-state index in [9.17, 15) is 9.90 Å². The van der Waals surface area contributed by atoms with Crippen molar-refractivity contribution in [3.63, 3.8) is 0 Å². The zero-order valence-electron chi connectivity index (χ0n) is 17.6. The number of anilines is 1. The van der Waals surface area contributed by atoms with Crippen LogP contribution in [0.15, 0.2) is 6.07 Å². The fraction of sp³-hybridized carbons (Fsp3) is 0.714. The number of nitrogens with one attached hydrogen (secondary N) is 1. The molecule has 2 N–H and O–H groups in total. The number of carbonyl (C=O) groups is 1. The van der Waals surface area contributed by atoms with E-state index < -0.39 is 6.10 Å². The second kappa shape index (κ2) is 9.02. The molecule has 2 rings (SSSR count). The lowest BCUT2D eigenvalue weighted by atomic mass is 9.87. The number of aliphatic hydroxyl groups is 1. The molecule has 0 bridgehead atoms. The molecular formula is C21H35N3O3. The van der Waals surface area contributed by atoms with Crippen LogP contribution in [0.5, 0.6) is 0 Å². The highest BCUT2D eigenvalue weighted by Crippen LogP contribution is 2.26. The molecule has 6 nitrogen and oxygen atoms in total. The van der Waals surface area contributed by atoms with E-state index >= 15 is 0 Å². The fourth-order valence-corrected chi connectivity index (χ4v) is 3.19. The van der Waals surface area contributed by atoms with Crippen LogP contribution in [0.2, 0.25) is 0 Å². The number of hydrogen-bond acceptors (Lipinski definition) is 5. The summed E-state index contributed by atoms with van der Waals surface area (Å²) in [5, 5.41) is 13.1. The molecule has 0 aromatic carbocycles. The molecule has 0 radical (unpaired) electrons. The number of aliphatic hydroxyl groups excluding tert-OH is 1. The molecule has 1 fully saturated rings. The molecule has 2 heterocycles. The van der Waals surface area contributed by atoms with Gasteiger partial charge in [-0.1, -0.05) is 34.6 Å². The van der Waals surface area contributed by atoms with Gasteiger partial charge in [-0.05, 0) is 36.3 Å². The third-order valence-corrected chi connectivity index (χ3v) is 5.04. The van der Waals surface area contributed by atoms with Crippen molar-refractivity contribution >= 4 is 11.7 Å². The number of pyridine rings is 1. The van der Waals surface area contributed by atoms with Crippen LogP contribution in [0.4, 0.5) is 5.82 Å². The van der Waals surface area contributed by atoms with Crippen molar-refractivity contribution in [3.8, 4) is 0 Å². The van der Waals surface area contributed by atoms with Gasteiger partial charge < -0.3 is 20.1 Å². The number of aryl methyl sites for hydroxylation is 1. The van der Waals surface area contributed by atoms with Gasteiger partial charge in [0.25, 0.3) is 5.91 Å². The van der Waals surface area contributed by atoms with Gasteiger partial charge in [-0.25, -0.2) is 4.98 Å². The zero-order chi connectivity index (χ0) is 20.2. The first-order valence-electron chi connectivity index (χ1n) is 9.91. The number of aromatic nitrogens is 1. The Hall–Kier alpha value is -1.66. The summed E-state index contributed by atoms with van der Waals surface area (Å²) in [4.78, 5) is 19.9. The molecule has 1 aromatic rings. The standard InChI is InChI=1S/C21H35N3O3/c1-14(2)19-18(20(26)22-8-7-16(25)21(4,5)6)15(3)13-17(23-19)24-9-11-27-12-10-24/h13-14,16,25H,7-12H2,1-6H3,(H,22,26). The molecule has 152 valence electrons. The van der Waals surface area contributed by atoms with E-state index in [-0.39, 0.29) is 17.2 Å². The molecule has 1 aliphatic rings. The predicted molar refractivity (Wildman–Crippen MR) is 109 cm³/mol. The van der Waals surface area contributed by atoms with Crippen LogP contribution in [-0.4, -0.2) is 54.9 Å². The van der Waals surface area contributed by atoms with Crippen LogP contribution in [0.1, 0.15) is 68.6 Å². The summed E-state index contributed by atoms with van der Waals surface area (Å²) >= 11 is 0. The molecule has 1 unspecified atom stereocenters. The van der Waals surface area contributed by atoms with E-state index in [0.29, 0.717) is 31.7 Å². The minimum absolute atomic E-state index is 0.113. The first-order chi connectivity index (χ1) is 12.6. The van der Waals surface area contributed by atoms with E-state index in [2.05, 4.69) is 24.1 Å². The number of rotatable bonds is 6. The minimum atomic E-state index is -0.453. The zero-order valence-corrected chi connectivity index (χ0v) is 17.6. The van der Waals surface area contributed by atoms with Crippen LogP contribution in [0.3, 0.4) is 0 Å². The molecule has 1 atom stereocenters. The van der Waals surface area contributed by atoms with Gasteiger partial charge in [0.15, 0.2) is 0 Å². The number of morpholine rings is 1. The van der Waals surface area contributed by atoms with E-state index in [4.69, 9.17) is 9.72 Å². The lowest BCUT2D eigenvalue weighted by Gasteiger charge is -2.29. The second-order valence-corrected chi connectivity index (χ2v) is 8.74. The molecule has 0 aliphatic carbocycles. The quantitative estimate of drug-likeness (QED) is 0.797. The number of carbonyl (C=O) groups excluding carboxylic acids is 1. The average molecular weight is 378 g/mol. The lowest BCUT2D eigenvalue weighted by molar-refractivity contribution is 0.0551. The average Bonchev–Trinajstić information content (AvgIpc) is 2.60. The number of hydrogen-bond donors (Lipinski definition) is 2. The van der Waals surface area contributed by atoms with E-state index in [1.54, 1.807) is 0 Å². The molecule has 1 aliphatic heterocycles. The Balaban J connectivity index is 2.16. The summed E-state index contributed by atoms with van der Waals surface area (Å²) in [6.45, 7) is 15.6. The molecule has 0 saturated carbocycles. The molecule has 6 heteroatoms. The van der Waals surface area contributed by atoms with Crippen LogP contribution < -0.4 is 10.2 Å². The maximum atomic E-state index is 12.8. The van der Waals surface area contributed by atoms with Gasteiger partial charge in [0.2, 0.25) is 0 Å². The topological polar surface area (TPSA) is 74.7 Å². The van der Waals surface area contributed by atoms with Gasteiger partial charge in [-0.2, -0.15) is 0 Å². The Morgan fingerprint density at radius 3 is 2.52 bits per heavy atom. The van der Waals surface area contributed by atoms with Crippen molar-refractivity contribution < 1.29 is 14.6 Å². The van der Waals surface area contributed by atoms with Crippen LogP contribution in [0.25, 0.3) is 0 Å². The minimum Gasteiger partial charge on any atom is -0.393 e. The smallest absolute Gasteiger partial charge is 0.253 e. The highest BCUT2D eigenvalue weighted by Gasteiger charge is 2.24. The van der Waals surface area contributed by atoms with Crippen LogP contribution >= 0.6 is 0 Å². The van der Waals surface area contributed by atoms with Crippen LogP contribution in [0, 0.1) is 12.3 Å². The second-order valence-electron chi connectivity index (χ2n) is 8.74. The number of ether oxygens (including phenoxy) is 1. The lowest BCUT2D eigenvalue weighted by Crippen LogP contribution is -2.37. The van der Waals surface area contributed by atoms with Gasteiger partial charge in [0, 0.05) is 19.6 Å². The highest BCUT2D eigenvalue weighted by atomic mass is 16.5. The Labute approximate surface area is 163 Å². The number of nitrogens with zero attached hydrogens (tertiary/aromatic N) is 2. The van der Waals surface area contributed by atoms with Crippen molar-refractivity contribution in [2.45, 2.75) is 60.0 Å². The van der Waals surface area contributed by atoms with Crippen molar-refractivity contribution in [2.24, 2.45) is 5.41 Å². The van der Waals surface area contributed by atoms with Crippen molar-refractivity contribution in [1.29, 1.82) is 0 Å². The maximum Gasteiger partial charge on any atom is 0.253 e. The largest absolute Gasteiger partial charge is 0.393 e. The molecular weight excluding hydrogens is 342 g/mol. The van der Waals surface area contributed by atoms with Crippen molar-refractivity contribution in [1.82, 2.24) is 10.3 Å². The van der Waals surface area contributed by atoms with Gasteiger partial charge in [0.1, 0.15) is 5.82 Å². The fourth-order valence-electron chi connectivity index (χ4n) is 3.19. The van der Waals surface area contributed by atoms with Gasteiger partial charge in [0.05, 0.1) is 30.6 Å². The number of amides is 1.